The van der Waals surface area contributed by atoms with Crippen LogP contribution in [-0.2, 0) is 7.05 Å². The molecule has 20 heavy (non-hydrogen) atoms. The van der Waals surface area contributed by atoms with Crippen LogP contribution in [0.25, 0.3) is 22.1 Å². The zero-order chi connectivity index (χ0) is 13.5. The number of aryl methyl sites for hydroxylation is 1. The van der Waals surface area contributed by atoms with Gasteiger partial charge in [0.2, 0.25) is 0 Å². The van der Waals surface area contributed by atoms with Gasteiger partial charge in [-0.3, -0.25) is 9.78 Å². The molecule has 0 spiro atoms. The van der Waals surface area contributed by atoms with E-state index in [0.717, 1.165) is 22.1 Å². The molecule has 4 aromatic rings. The van der Waals surface area contributed by atoms with Crippen molar-refractivity contribution < 1.29 is 0 Å². The van der Waals surface area contributed by atoms with Gasteiger partial charge in [0, 0.05) is 30.5 Å². The molecule has 1 aromatic carbocycles. The molecule has 2 N–H and O–H groups in total. The molecule has 98 valence electrons. The van der Waals surface area contributed by atoms with Gasteiger partial charge in [-0.1, -0.05) is 0 Å². The second-order valence-electron chi connectivity index (χ2n) is 4.49. The number of fused-ring (bicyclic) bond motifs is 2. The maximum absolute atomic E-state index is 4.27. The second-order valence-corrected chi connectivity index (χ2v) is 4.49. The third-order valence-corrected chi connectivity index (χ3v) is 3.21. The molecule has 0 bridgehead atoms. The SMILES string of the molecule is Cn1ncc2cc(Nc3n[nH]c4nccnc34)ccc21. The summed E-state index contributed by atoms with van der Waals surface area (Å²) in [5.41, 5.74) is 3.41. The fourth-order valence-corrected chi connectivity index (χ4v) is 2.22. The lowest BCUT2D eigenvalue weighted by Gasteiger charge is -2.03. The van der Waals surface area contributed by atoms with Crippen LogP contribution in [-0.4, -0.2) is 29.9 Å². The standard InChI is InChI=1S/C13H11N7/c1-20-10-3-2-9(6-8(10)7-16-20)17-13-11-12(18-19-13)15-5-4-14-11/h2-7H,1H3,(H2,15,17,18,19). The molecular weight excluding hydrogens is 254 g/mol. The number of benzene rings is 1. The van der Waals surface area contributed by atoms with Crippen molar-refractivity contribution in [3.05, 3.63) is 36.8 Å². The Morgan fingerprint density at radius 2 is 2.10 bits per heavy atom. The summed E-state index contributed by atoms with van der Waals surface area (Å²) < 4.78 is 1.84. The summed E-state index contributed by atoms with van der Waals surface area (Å²) in [6.45, 7) is 0. The number of hydrogen-bond donors (Lipinski definition) is 2. The van der Waals surface area contributed by atoms with Gasteiger partial charge >= 0.3 is 0 Å². The molecule has 0 aliphatic carbocycles. The molecule has 0 fully saturated rings. The summed E-state index contributed by atoms with van der Waals surface area (Å²) in [5, 5.41) is 15.6. The van der Waals surface area contributed by atoms with Gasteiger partial charge in [-0.15, -0.1) is 0 Å². The summed E-state index contributed by atoms with van der Waals surface area (Å²) in [5.74, 6) is 0.663. The first-order valence-corrected chi connectivity index (χ1v) is 6.15. The molecular formula is C13H11N7. The zero-order valence-corrected chi connectivity index (χ0v) is 10.7. The van der Waals surface area contributed by atoms with Crippen molar-refractivity contribution in [1.82, 2.24) is 29.9 Å². The molecule has 7 heteroatoms. The first-order valence-electron chi connectivity index (χ1n) is 6.15. The maximum Gasteiger partial charge on any atom is 0.180 e. The van der Waals surface area contributed by atoms with E-state index in [1.807, 2.05) is 36.1 Å². The largest absolute Gasteiger partial charge is 0.337 e. The molecule has 0 amide bonds. The fraction of sp³-hybridized carbons (Fsp3) is 0.0769. The number of hydrogen-bond acceptors (Lipinski definition) is 5. The summed E-state index contributed by atoms with van der Waals surface area (Å²) in [7, 11) is 1.92. The van der Waals surface area contributed by atoms with Crippen LogP contribution in [0.5, 0.6) is 0 Å². The van der Waals surface area contributed by atoms with Gasteiger partial charge in [0.05, 0.1) is 11.7 Å². The van der Waals surface area contributed by atoms with Crippen molar-refractivity contribution in [2.45, 2.75) is 0 Å². The van der Waals surface area contributed by atoms with E-state index < -0.39 is 0 Å². The first kappa shape index (κ1) is 10.9. The Morgan fingerprint density at radius 3 is 3.05 bits per heavy atom. The second kappa shape index (κ2) is 4.02. The van der Waals surface area contributed by atoms with Gasteiger partial charge in [-0.2, -0.15) is 10.2 Å². The number of rotatable bonds is 2. The Balaban J connectivity index is 1.76. The zero-order valence-electron chi connectivity index (χ0n) is 10.7. The highest BCUT2D eigenvalue weighted by molar-refractivity contribution is 5.88. The fourth-order valence-electron chi connectivity index (χ4n) is 2.22. The van der Waals surface area contributed by atoms with Crippen molar-refractivity contribution in [2.24, 2.45) is 7.05 Å². The lowest BCUT2D eigenvalue weighted by Crippen LogP contribution is -1.93. The summed E-state index contributed by atoms with van der Waals surface area (Å²) in [6, 6.07) is 6.03. The summed E-state index contributed by atoms with van der Waals surface area (Å²) in [4.78, 5) is 8.43. The minimum atomic E-state index is 0.663. The van der Waals surface area contributed by atoms with Gasteiger partial charge in [0.25, 0.3) is 0 Å². The van der Waals surface area contributed by atoms with E-state index in [1.54, 1.807) is 12.4 Å². The lowest BCUT2D eigenvalue weighted by atomic mass is 10.2. The molecule has 0 atom stereocenters. The molecule has 7 nitrogen and oxygen atoms in total. The van der Waals surface area contributed by atoms with E-state index >= 15 is 0 Å². The highest BCUT2D eigenvalue weighted by atomic mass is 15.2. The van der Waals surface area contributed by atoms with E-state index in [1.165, 1.54) is 0 Å². The molecule has 0 saturated carbocycles. The summed E-state index contributed by atoms with van der Waals surface area (Å²) in [6.07, 6.45) is 5.11. The minimum Gasteiger partial charge on any atom is -0.337 e. The van der Waals surface area contributed by atoms with Gasteiger partial charge in [0.15, 0.2) is 17.0 Å². The van der Waals surface area contributed by atoms with Crippen LogP contribution in [0.3, 0.4) is 0 Å². The predicted molar refractivity (Wildman–Crippen MR) is 75.7 cm³/mol. The third-order valence-electron chi connectivity index (χ3n) is 3.21. The Bertz CT molecular complexity index is 905. The Morgan fingerprint density at radius 1 is 1.20 bits per heavy atom. The quantitative estimate of drug-likeness (QED) is 0.579. The van der Waals surface area contributed by atoms with Crippen molar-refractivity contribution in [3.63, 3.8) is 0 Å². The lowest BCUT2D eigenvalue weighted by molar-refractivity contribution is 0.797. The smallest absolute Gasteiger partial charge is 0.180 e. The summed E-state index contributed by atoms with van der Waals surface area (Å²) >= 11 is 0. The topological polar surface area (TPSA) is 84.3 Å². The van der Waals surface area contributed by atoms with Crippen LogP contribution in [0, 0.1) is 0 Å². The molecule has 3 aromatic heterocycles. The number of anilines is 2. The number of aromatic amines is 1. The van der Waals surface area contributed by atoms with Crippen LogP contribution in [0.1, 0.15) is 0 Å². The average Bonchev–Trinajstić information content (AvgIpc) is 3.04. The molecule has 0 radical (unpaired) electrons. The van der Waals surface area contributed by atoms with E-state index in [9.17, 15) is 0 Å². The normalized spacial score (nSPS) is 11.2. The Labute approximate surface area is 113 Å². The highest BCUT2D eigenvalue weighted by Gasteiger charge is 2.08. The van der Waals surface area contributed by atoms with Crippen molar-refractivity contribution in [3.8, 4) is 0 Å². The number of nitrogens with zero attached hydrogens (tertiary/aromatic N) is 5. The Kier molecular flexibility index (Phi) is 2.19. The third kappa shape index (κ3) is 1.60. The van der Waals surface area contributed by atoms with Crippen LogP contribution in [0.15, 0.2) is 36.8 Å². The molecule has 0 unspecified atom stereocenters. The van der Waals surface area contributed by atoms with E-state index in [-0.39, 0.29) is 0 Å². The van der Waals surface area contributed by atoms with E-state index in [2.05, 4.69) is 30.6 Å². The predicted octanol–water partition coefficient (Wildman–Crippen LogP) is 1.98. The van der Waals surface area contributed by atoms with Gasteiger partial charge in [-0.05, 0) is 18.2 Å². The highest BCUT2D eigenvalue weighted by Crippen LogP contribution is 2.23. The van der Waals surface area contributed by atoms with Gasteiger partial charge in [-0.25, -0.2) is 9.97 Å². The molecule has 3 heterocycles. The maximum atomic E-state index is 4.27. The van der Waals surface area contributed by atoms with Crippen molar-refractivity contribution in [1.29, 1.82) is 0 Å². The van der Waals surface area contributed by atoms with E-state index in [0.29, 0.717) is 11.5 Å². The van der Waals surface area contributed by atoms with Crippen molar-refractivity contribution >= 4 is 33.6 Å². The van der Waals surface area contributed by atoms with Crippen LogP contribution >= 0.6 is 0 Å². The Hall–Kier alpha value is -2.96. The van der Waals surface area contributed by atoms with Crippen molar-refractivity contribution in [2.75, 3.05) is 5.32 Å². The van der Waals surface area contributed by atoms with E-state index in [4.69, 9.17) is 0 Å². The first-order chi connectivity index (χ1) is 9.81. The monoisotopic (exact) mass is 265 g/mol. The van der Waals surface area contributed by atoms with Crippen LogP contribution < -0.4 is 5.32 Å². The molecule has 0 aliphatic rings. The minimum absolute atomic E-state index is 0.663. The molecule has 4 rings (SSSR count). The average molecular weight is 265 g/mol. The number of nitrogens with one attached hydrogen (secondary N) is 2. The number of H-pyrrole nitrogens is 1. The van der Waals surface area contributed by atoms with Crippen LogP contribution in [0.4, 0.5) is 11.5 Å². The molecule has 0 saturated heterocycles. The van der Waals surface area contributed by atoms with Gasteiger partial charge < -0.3 is 5.32 Å². The molecule has 0 aliphatic heterocycles. The number of aromatic nitrogens is 6. The van der Waals surface area contributed by atoms with Gasteiger partial charge in [0.1, 0.15) is 0 Å². The van der Waals surface area contributed by atoms with Crippen LogP contribution in [0.2, 0.25) is 0 Å².